The molecule has 10 nitrogen and oxygen atoms in total. The van der Waals surface area contributed by atoms with Crippen LogP contribution in [0.4, 0.5) is 5.82 Å². The van der Waals surface area contributed by atoms with Crippen LogP contribution in [0, 0.1) is 0 Å². The van der Waals surface area contributed by atoms with Crippen LogP contribution in [0.2, 0.25) is 0 Å². The van der Waals surface area contributed by atoms with E-state index in [9.17, 15) is 19.8 Å². The monoisotopic (exact) mass is 450 g/mol. The van der Waals surface area contributed by atoms with Crippen molar-refractivity contribution < 1.29 is 19.8 Å². The van der Waals surface area contributed by atoms with Crippen molar-refractivity contribution in [2.75, 3.05) is 11.9 Å². The number of aromatic carboxylic acids is 1. The number of aromatic nitrogens is 4. The van der Waals surface area contributed by atoms with E-state index in [1.54, 1.807) is 35.5 Å². The Kier molecular flexibility index (Phi) is 6.36. The van der Waals surface area contributed by atoms with E-state index in [0.29, 0.717) is 17.8 Å². The summed E-state index contributed by atoms with van der Waals surface area (Å²) in [5.74, 6) is -1.13. The molecular weight excluding hydrogens is 424 g/mol. The number of pyridine rings is 1. The summed E-state index contributed by atoms with van der Waals surface area (Å²) in [7, 11) is 0. The van der Waals surface area contributed by atoms with E-state index < -0.39 is 12.1 Å². The zero-order valence-electron chi connectivity index (χ0n) is 18.4. The Labute approximate surface area is 190 Å². The number of likely N-dealkylation sites (tertiary alicyclic amines) is 1. The molecule has 4 rings (SSSR count). The van der Waals surface area contributed by atoms with E-state index in [1.807, 2.05) is 13.0 Å². The molecule has 3 N–H and O–H groups in total. The third-order valence-corrected chi connectivity index (χ3v) is 5.90. The number of carboxylic acids is 1. The molecule has 0 saturated carbocycles. The predicted octanol–water partition coefficient (Wildman–Crippen LogP) is 2.52. The van der Waals surface area contributed by atoms with Crippen molar-refractivity contribution in [1.82, 2.24) is 24.9 Å². The zero-order chi connectivity index (χ0) is 23.5. The van der Waals surface area contributed by atoms with Gasteiger partial charge in [0.15, 0.2) is 0 Å². The van der Waals surface area contributed by atoms with Gasteiger partial charge in [0.05, 0.1) is 29.7 Å². The van der Waals surface area contributed by atoms with Gasteiger partial charge in [-0.1, -0.05) is 12.1 Å². The van der Waals surface area contributed by atoms with Gasteiger partial charge in [0, 0.05) is 24.8 Å². The first kappa shape index (κ1) is 22.4. The lowest BCUT2D eigenvalue weighted by molar-refractivity contribution is 0.0618. The van der Waals surface area contributed by atoms with E-state index >= 15 is 0 Å². The molecule has 1 fully saturated rings. The zero-order valence-corrected chi connectivity index (χ0v) is 18.4. The van der Waals surface area contributed by atoms with Crippen LogP contribution in [-0.4, -0.2) is 65.6 Å². The summed E-state index contributed by atoms with van der Waals surface area (Å²) in [4.78, 5) is 32.8. The topological polar surface area (TPSA) is 133 Å². The molecule has 1 amide bonds. The highest BCUT2D eigenvalue weighted by Gasteiger charge is 2.32. The second kappa shape index (κ2) is 9.37. The molecular formula is C23H26N6O4. The molecule has 3 atom stereocenters. The molecule has 3 aromatic rings. The van der Waals surface area contributed by atoms with Crippen molar-refractivity contribution >= 4 is 17.7 Å². The minimum atomic E-state index is -1.17. The van der Waals surface area contributed by atoms with Crippen LogP contribution in [0.1, 0.15) is 59.1 Å². The quantitative estimate of drug-likeness (QED) is 0.522. The highest BCUT2D eigenvalue weighted by Crippen LogP contribution is 2.27. The van der Waals surface area contributed by atoms with Gasteiger partial charge in [-0.25, -0.2) is 9.78 Å². The molecule has 1 aromatic carbocycles. The van der Waals surface area contributed by atoms with Crippen LogP contribution >= 0.6 is 0 Å². The number of anilines is 1. The Morgan fingerprint density at radius 1 is 1.12 bits per heavy atom. The Hall–Kier alpha value is -3.79. The van der Waals surface area contributed by atoms with Gasteiger partial charge in [0.1, 0.15) is 11.4 Å². The Morgan fingerprint density at radius 3 is 2.55 bits per heavy atom. The number of carbonyl (C=O) groups excluding carboxylic acids is 1. The standard InChI is InChI=1S/C23H26N6O4/c1-14-7-8-16(27-21-20(23(32)33)17(15(2)30)9-10-24-21)13-28(14)22(31)18-5-3-4-6-19(18)29-25-11-12-26-29/h3-6,9-12,14-16,30H,7-8,13H2,1-2H3,(H,24,27)(H,32,33)/t14-,15?,16-/m1/s1. The highest BCUT2D eigenvalue weighted by molar-refractivity contribution is 5.98. The van der Waals surface area contributed by atoms with Crippen LogP contribution in [0.3, 0.4) is 0 Å². The average Bonchev–Trinajstić information content (AvgIpc) is 3.34. The fourth-order valence-electron chi connectivity index (χ4n) is 4.18. The third kappa shape index (κ3) is 4.56. The lowest BCUT2D eigenvalue weighted by atomic mass is 9.97. The van der Waals surface area contributed by atoms with Gasteiger partial charge in [-0.3, -0.25) is 4.79 Å². The molecule has 1 unspecified atom stereocenters. The highest BCUT2D eigenvalue weighted by atomic mass is 16.4. The van der Waals surface area contributed by atoms with Crippen molar-refractivity contribution in [2.24, 2.45) is 0 Å². The van der Waals surface area contributed by atoms with Gasteiger partial charge in [0.2, 0.25) is 0 Å². The normalized spacial score (nSPS) is 19.2. The lowest BCUT2D eigenvalue weighted by Gasteiger charge is -2.39. The number of amides is 1. The van der Waals surface area contributed by atoms with Gasteiger partial charge in [0.25, 0.3) is 5.91 Å². The molecule has 172 valence electrons. The van der Waals surface area contributed by atoms with Crippen LogP contribution in [0.5, 0.6) is 0 Å². The van der Waals surface area contributed by atoms with Crippen molar-refractivity contribution in [2.45, 2.75) is 44.9 Å². The molecule has 33 heavy (non-hydrogen) atoms. The van der Waals surface area contributed by atoms with E-state index in [-0.39, 0.29) is 34.9 Å². The predicted molar refractivity (Wildman–Crippen MR) is 120 cm³/mol. The number of piperidine rings is 1. The van der Waals surface area contributed by atoms with Crippen molar-refractivity contribution in [3.05, 3.63) is 65.6 Å². The van der Waals surface area contributed by atoms with E-state index in [2.05, 4.69) is 20.5 Å². The van der Waals surface area contributed by atoms with E-state index in [4.69, 9.17) is 0 Å². The maximum Gasteiger partial charge on any atom is 0.339 e. The number of aliphatic hydroxyl groups excluding tert-OH is 1. The molecule has 1 saturated heterocycles. The van der Waals surface area contributed by atoms with Gasteiger partial charge >= 0.3 is 5.97 Å². The number of hydrogen-bond donors (Lipinski definition) is 3. The number of hydrogen-bond acceptors (Lipinski definition) is 7. The molecule has 10 heteroatoms. The maximum atomic E-state index is 13.5. The molecule has 3 heterocycles. The van der Waals surface area contributed by atoms with Crippen LogP contribution in [0.15, 0.2) is 48.9 Å². The summed E-state index contributed by atoms with van der Waals surface area (Å²) in [6.07, 6.45) is 5.12. The van der Waals surface area contributed by atoms with E-state index in [0.717, 1.165) is 12.8 Å². The number of rotatable bonds is 6. The van der Waals surface area contributed by atoms with Crippen molar-refractivity contribution in [1.29, 1.82) is 0 Å². The maximum absolute atomic E-state index is 13.5. The third-order valence-electron chi connectivity index (χ3n) is 5.90. The minimum absolute atomic E-state index is 0.00453. The summed E-state index contributed by atoms with van der Waals surface area (Å²) in [6, 6.07) is 8.48. The number of para-hydroxylation sites is 1. The lowest BCUT2D eigenvalue weighted by Crippen LogP contribution is -2.50. The van der Waals surface area contributed by atoms with Gasteiger partial charge < -0.3 is 20.4 Å². The Morgan fingerprint density at radius 2 is 1.85 bits per heavy atom. The Bertz CT molecular complexity index is 1150. The average molecular weight is 450 g/mol. The number of nitrogens with zero attached hydrogens (tertiary/aromatic N) is 5. The second-order valence-corrected chi connectivity index (χ2v) is 8.17. The molecule has 0 radical (unpaired) electrons. The van der Waals surface area contributed by atoms with Gasteiger partial charge in [-0.2, -0.15) is 15.0 Å². The summed E-state index contributed by atoms with van der Waals surface area (Å²) < 4.78 is 0. The summed E-state index contributed by atoms with van der Waals surface area (Å²) >= 11 is 0. The number of carboxylic acid groups (broad SMARTS) is 1. The van der Waals surface area contributed by atoms with E-state index in [1.165, 1.54) is 24.0 Å². The fraction of sp³-hybridized carbons (Fsp3) is 0.348. The van der Waals surface area contributed by atoms with Gasteiger partial charge in [-0.05, 0) is 50.5 Å². The summed E-state index contributed by atoms with van der Waals surface area (Å²) in [6.45, 7) is 3.89. The molecule has 0 spiro atoms. The molecule has 1 aliphatic heterocycles. The van der Waals surface area contributed by atoms with Crippen LogP contribution < -0.4 is 5.32 Å². The number of nitrogens with one attached hydrogen (secondary N) is 1. The number of carbonyl (C=O) groups is 2. The van der Waals surface area contributed by atoms with Gasteiger partial charge in [-0.15, -0.1) is 0 Å². The summed E-state index contributed by atoms with van der Waals surface area (Å²) in [5.41, 5.74) is 1.31. The second-order valence-electron chi connectivity index (χ2n) is 8.17. The smallest absolute Gasteiger partial charge is 0.339 e. The number of benzene rings is 1. The van der Waals surface area contributed by atoms with Crippen molar-refractivity contribution in [3.63, 3.8) is 0 Å². The first-order valence-corrected chi connectivity index (χ1v) is 10.8. The van der Waals surface area contributed by atoms with Crippen molar-refractivity contribution in [3.8, 4) is 5.69 Å². The SMILES string of the molecule is CC(O)c1ccnc(N[C@@H]2CC[C@@H](C)N(C(=O)c3ccccc3-n3nccn3)C2)c1C(=O)O. The number of aliphatic hydroxyl groups is 1. The fourth-order valence-corrected chi connectivity index (χ4v) is 4.18. The molecule has 0 bridgehead atoms. The first-order chi connectivity index (χ1) is 15.9. The minimum Gasteiger partial charge on any atom is -0.478 e. The van der Waals surface area contributed by atoms with Crippen LogP contribution in [-0.2, 0) is 0 Å². The molecule has 1 aliphatic rings. The Balaban J connectivity index is 1.59. The molecule has 0 aliphatic carbocycles. The molecule has 2 aromatic heterocycles. The summed E-state index contributed by atoms with van der Waals surface area (Å²) in [5, 5.41) is 31.2. The van der Waals surface area contributed by atoms with Crippen LogP contribution in [0.25, 0.3) is 5.69 Å². The first-order valence-electron chi connectivity index (χ1n) is 10.8. The largest absolute Gasteiger partial charge is 0.478 e.